The number of amides is 1. The van der Waals surface area contributed by atoms with Crippen molar-refractivity contribution in [3.05, 3.63) is 58.3 Å². The molecule has 10 heteroatoms. The summed E-state index contributed by atoms with van der Waals surface area (Å²) in [5.41, 5.74) is 0.671. The van der Waals surface area contributed by atoms with Crippen LogP contribution < -0.4 is 11.2 Å². The van der Waals surface area contributed by atoms with Crippen LogP contribution in [-0.2, 0) is 4.79 Å². The monoisotopic (exact) mass is 425 g/mol. The number of nitrogen functional groups attached to an aromatic ring is 1. The maximum absolute atomic E-state index is 13.7. The minimum atomic E-state index is -0.593. The van der Waals surface area contributed by atoms with E-state index in [1.807, 2.05) is 0 Å². The van der Waals surface area contributed by atoms with Crippen molar-refractivity contribution in [2.45, 2.75) is 17.3 Å². The smallest absolute Gasteiger partial charge is 0.237 e. The van der Waals surface area contributed by atoms with Crippen molar-refractivity contribution in [3.8, 4) is 11.4 Å². The highest BCUT2D eigenvalue weighted by Crippen LogP contribution is 2.31. The molecule has 0 radical (unpaired) electrons. The lowest BCUT2D eigenvalue weighted by Gasteiger charge is -2.12. The van der Waals surface area contributed by atoms with E-state index in [2.05, 4.69) is 15.5 Å². The zero-order chi connectivity index (χ0) is 19.6. The van der Waals surface area contributed by atoms with Crippen molar-refractivity contribution < 1.29 is 9.18 Å². The van der Waals surface area contributed by atoms with Crippen LogP contribution in [0.4, 0.5) is 10.1 Å². The van der Waals surface area contributed by atoms with Crippen LogP contribution in [0.3, 0.4) is 0 Å². The van der Waals surface area contributed by atoms with Gasteiger partial charge in [-0.25, -0.2) is 9.07 Å². The van der Waals surface area contributed by atoms with E-state index in [4.69, 9.17) is 29.0 Å². The van der Waals surface area contributed by atoms with Crippen molar-refractivity contribution in [3.63, 3.8) is 0 Å². The number of nitrogens with one attached hydrogen (secondary N) is 1. The molecule has 0 aliphatic rings. The Morgan fingerprint density at radius 2 is 2.00 bits per heavy atom. The molecule has 1 atom stereocenters. The summed E-state index contributed by atoms with van der Waals surface area (Å²) >= 11 is 13.2. The zero-order valence-electron chi connectivity index (χ0n) is 14.0. The molecule has 2 aromatic carbocycles. The highest BCUT2D eigenvalue weighted by molar-refractivity contribution is 8.00. The molecule has 0 saturated carbocycles. The molecular weight excluding hydrogens is 412 g/mol. The summed E-state index contributed by atoms with van der Waals surface area (Å²) in [7, 11) is 0. The van der Waals surface area contributed by atoms with Crippen molar-refractivity contribution in [2.24, 2.45) is 0 Å². The minimum Gasteiger partial charge on any atom is -0.335 e. The van der Waals surface area contributed by atoms with Gasteiger partial charge in [0.1, 0.15) is 5.82 Å². The number of thioether (sulfide) groups is 1. The molecule has 1 unspecified atom stereocenters. The van der Waals surface area contributed by atoms with Crippen LogP contribution in [0.15, 0.2) is 47.6 Å². The van der Waals surface area contributed by atoms with E-state index in [1.54, 1.807) is 37.3 Å². The van der Waals surface area contributed by atoms with Crippen LogP contribution in [0.25, 0.3) is 11.4 Å². The van der Waals surface area contributed by atoms with Crippen molar-refractivity contribution >= 4 is 46.6 Å². The van der Waals surface area contributed by atoms with Crippen molar-refractivity contribution in [1.29, 1.82) is 0 Å². The first kappa shape index (κ1) is 19.5. The van der Waals surface area contributed by atoms with Gasteiger partial charge in [0.05, 0.1) is 16.0 Å². The average molecular weight is 426 g/mol. The van der Waals surface area contributed by atoms with Gasteiger partial charge in [-0.3, -0.25) is 4.79 Å². The van der Waals surface area contributed by atoms with Gasteiger partial charge in [-0.1, -0.05) is 47.1 Å². The predicted octanol–water partition coefficient (Wildman–Crippen LogP) is 4.22. The molecule has 0 fully saturated rings. The summed E-state index contributed by atoms with van der Waals surface area (Å²) < 4.78 is 14.9. The lowest BCUT2D eigenvalue weighted by Crippen LogP contribution is -2.24. The third-order valence-corrected chi connectivity index (χ3v) is 5.22. The molecule has 6 nitrogen and oxygen atoms in total. The Labute approximate surface area is 168 Å². The Bertz CT molecular complexity index is 997. The number of nitrogens with zero attached hydrogens (tertiary/aromatic N) is 3. The maximum Gasteiger partial charge on any atom is 0.237 e. The fourth-order valence-corrected chi connectivity index (χ4v) is 3.48. The molecule has 1 amide bonds. The molecule has 3 aromatic rings. The van der Waals surface area contributed by atoms with Gasteiger partial charge < -0.3 is 11.2 Å². The second-order valence-electron chi connectivity index (χ2n) is 5.53. The molecule has 27 heavy (non-hydrogen) atoms. The highest BCUT2D eigenvalue weighted by Gasteiger charge is 2.21. The van der Waals surface area contributed by atoms with Gasteiger partial charge in [-0.05, 0) is 37.3 Å². The normalized spacial score (nSPS) is 12.0. The van der Waals surface area contributed by atoms with Gasteiger partial charge in [-0.15, -0.1) is 10.2 Å². The number of hydrogen-bond donors (Lipinski definition) is 2. The van der Waals surface area contributed by atoms with Crippen LogP contribution in [-0.4, -0.2) is 26.0 Å². The summed E-state index contributed by atoms with van der Waals surface area (Å²) in [6.07, 6.45) is 0. The van der Waals surface area contributed by atoms with Crippen molar-refractivity contribution in [2.75, 3.05) is 11.2 Å². The Morgan fingerprint density at radius 1 is 1.26 bits per heavy atom. The molecule has 0 bridgehead atoms. The molecular formula is C17H14Cl2FN5OS. The van der Waals surface area contributed by atoms with Crippen LogP contribution in [0.5, 0.6) is 0 Å². The number of hydrogen-bond acceptors (Lipinski definition) is 5. The Kier molecular flexibility index (Phi) is 5.88. The number of anilines is 1. The minimum absolute atomic E-state index is 0.109. The largest absolute Gasteiger partial charge is 0.335 e. The number of carbonyl (C=O) groups excluding carboxylic acids is 1. The second-order valence-corrected chi connectivity index (χ2v) is 7.68. The van der Waals surface area contributed by atoms with E-state index in [1.165, 1.54) is 16.8 Å². The molecule has 0 spiro atoms. The fourth-order valence-electron chi connectivity index (χ4n) is 2.22. The zero-order valence-corrected chi connectivity index (χ0v) is 16.3. The number of nitrogens with two attached hydrogens (primary N) is 1. The molecule has 3 rings (SSSR count). The quantitative estimate of drug-likeness (QED) is 0.471. The number of carbonyl (C=O) groups is 1. The van der Waals surface area contributed by atoms with E-state index < -0.39 is 11.1 Å². The fraction of sp³-hybridized carbons (Fsp3) is 0.118. The maximum atomic E-state index is 13.7. The first-order valence-electron chi connectivity index (χ1n) is 7.74. The summed E-state index contributed by atoms with van der Waals surface area (Å²) in [6, 6.07) is 10.8. The topological polar surface area (TPSA) is 85.8 Å². The van der Waals surface area contributed by atoms with Crippen LogP contribution in [0, 0.1) is 5.82 Å². The molecule has 0 aliphatic carbocycles. The molecule has 140 valence electrons. The summed E-state index contributed by atoms with van der Waals surface area (Å²) in [5.74, 6) is 5.49. The van der Waals surface area contributed by atoms with Crippen LogP contribution >= 0.6 is 35.0 Å². The SMILES string of the molecule is CC(Sc1nnc(-c2ccc(Cl)cc2Cl)n1N)C(=O)Nc1ccccc1F. The lowest BCUT2D eigenvalue weighted by molar-refractivity contribution is -0.115. The number of benzene rings is 2. The number of para-hydroxylation sites is 1. The molecule has 0 aliphatic heterocycles. The van der Waals surface area contributed by atoms with E-state index >= 15 is 0 Å². The van der Waals surface area contributed by atoms with Crippen molar-refractivity contribution in [1.82, 2.24) is 14.9 Å². The summed E-state index contributed by atoms with van der Waals surface area (Å²) in [5, 5.41) is 11.2. The van der Waals surface area contributed by atoms with E-state index in [-0.39, 0.29) is 11.6 Å². The van der Waals surface area contributed by atoms with E-state index in [0.717, 1.165) is 11.8 Å². The first-order chi connectivity index (χ1) is 12.9. The van der Waals surface area contributed by atoms with E-state index in [9.17, 15) is 9.18 Å². The van der Waals surface area contributed by atoms with Gasteiger partial charge in [0.2, 0.25) is 11.1 Å². The molecule has 1 heterocycles. The van der Waals surface area contributed by atoms with Crippen LogP contribution in [0.2, 0.25) is 10.0 Å². The van der Waals surface area contributed by atoms with Gasteiger partial charge in [0.15, 0.2) is 5.82 Å². The third-order valence-electron chi connectivity index (χ3n) is 3.62. The summed E-state index contributed by atoms with van der Waals surface area (Å²) in [6.45, 7) is 1.66. The number of halogens is 3. The highest BCUT2D eigenvalue weighted by atomic mass is 35.5. The number of aromatic nitrogens is 3. The first-order valence-corrected chi connectivity index (χ1v) is 9.38. The molecule has 1 aromatic heterocycles. The Morgan fingerprint density at radius 3 is 2.70 bits per heavy atom. The third kappa shape index (κ3) is 4.35. The van der Waals surface area contributed by atoms with Gasteiger partial charge in [0.25, 0.3) is 0 Å². The standard InChI is InChI=1S/C17H14Cl2FN5OS/c1-9(16(26)22-14-5-3-2-4-13(14)20)27-17-24-23-15(25(17)21)11-7-6-10(18)8-12(11)19/h2-9H,21H2,1H3,(H,22,26). The average Bonchev–Trinajstić information content (AvgIpc) is 2.97. The molecule has 0 saturated heterocycles. The predicted molar refractivity (Wildman–Crippen MR) is 106 cm³/mol. The Balaban J connectivity index is 1.75. The second kappa shape index (κ2) is 8.16. The molecule has 3 N–H and O–H groups in total. The van der Waals surface area contributed by atoms with E-state index in [0.29, 0.717) is 26.6 Å². The number of rotatable bonds is 5. The van der Waals surface area contributed by atoms with Crippen LogP contribution in [0.1, 0.15) is 6.92 Å². The van der Waals surface area contributed by atoms with Gasteiger partial charge in [-0.2, -0.15) is 0 Å². The lowest BCUT2D eigenvalue weighted by atomic mass is 10.2. The van der Waals surface area contributed by atoms with Gasteiger partial charge >= 0.3 is 0 Å². The Hall–Kier alpha value is -2.29. The summed E-state index contributed by atoms with van der Waals surface area (Å²) in [4.78, 5) is 12.3. The van der Waals surface area contributed by atoms with Gasteiger partial charge in [0, 0.05) is 10.6 Å².